The van der Waals surface area contributed by atoms with Gasteiger partial charge in [-0.15, -0.1) is 0 Å². The Balaban J connectivity index is 2.40. The first kappa shape index (κ1) is 19.3. The lowest BCUT2D eigenvalue weighted by Crippen LogP contribution is -2.47. The van der Waals surface area contributed by atoms with Crippen LogP contribution in [0.2, 0.25) is 0 Å². The van der Waals surface area contributed by atoms with Crippen molar-refractivity contribution in [2.45, 2.75) is 45.6 Å². The molecule has 1 heterocycles. The van der Waals surface area contributed by atoms with Gasteiger partial charge in [0, 0.05) is 33.6 Å². The van der Waals surface area contributed by atoms with E-state index in [9.17, 15) is 9.59 Å². The highest BCUT2D eigenvalue weighted by atomic mass is 16.6. The van der Waals surface area contributed by atoms with Gasteiger partial charge in [-0.25, -0.2) is 0 Å². The Bertz CT molecular complexity index is 435. The Hall–Kier alpha value is -1.79. The zero-order valence-electron chi connectivity index (χ0n) is 14.9. The summed E-state index contributed by atoms with van der Waals surface area (Å²) in [6.07, 6.45) is 2.47. The van der Waals surface area contributed by atoms with Gasteiger partial charge in [0.1, 0.15) is 12.1 Å². The van der Waals surface area contributed by atoms with E-state index in [-0.39, 0.29) is 18.4 Å². The molecule has 23 heavy (non-hydrogen) atoms. The summed E-state index contributed by atoms with van der Waals surface area (Å²) in [6.45, 7) is 7.29. The van der Waals surface area contributed by atoms with Crippen molar-refractivity contribution in [1.82, 2.24) is 15.5 Å². The third-order valence-corrected chi connectivity index (χ3v) is 3.69. The Morgan fingerprint density at radius 2 is 1.87 bits per heavy atom. The Kier molecular flexibility index (Phi) is 7.32. The SMILES string of the molecule is CN=C(NCC(=O)OC(C)(C)C)N1CCC(CC(=O)NC)CC1. The topological polar surface area (TPSA) is 83.0 Å². The van der Waals surface area contributed by atoms with Gasteiger partial charge < -0.3 is 20.3 Å². The minimum Gasteiger partial charge on any atom is -0.459 e. The van der Waals surface area contributed by atoms with Crippen LogP contribution in [0.15, 0.2) is 4.99 Å². The van der Waals surface area contributed by atoms with Crippen LogP contribution in [0.4, 0.5) is 0 Å². The van der Waals surface area contributed by atoms with E-state index in [0.717, 1.165) is 25.9 Å². The number of nitrogens with one attached hydrogen (secondary N) is 2. The van der Waals surface area contributed by atoms with Crippen molar-refractivity contribution in [1.29, 1.82) is 0 Å². The van der Waals surface area contributed by atoms with E-state index in [4.69, 9.17) is 4.74 Å². The van der Waals surface area contributed by atoms with Gasteiger partial charge in [-0.2, -0.15) is 0 Å². The molecule has 0 bridgehead atoms. The van der Waals surface area contributed by atoms with Crippen LogP contribution < -0.4 is 10.6 Å². The third kappa shape index (κ3) is 7.34. The predicted molar refractivity (Wildman–Crippen MR) is 90.2 cm³/mol. The monoisotopic (exact) mass is 326 g/mol. The molecule has 0 aromatic carbocycles. The van der Waals surface area contributed by atoms with Crippen molar-refractivity contribution in [3.63, 3.8) is 0 Å². The number of rotatable bonds is 4. The minimum atomic E-state index is -0.486. The summed E-state index contributed by atoms with van der Waals surface area (Å²) in [6, 6.07) is 0. The van der Waals surface area contributed by atoms with Crippen LogP contribution >= 0.6 is 0 Å². The zero-order valence-corrected chi connectivity index (χ0v) is 14.9. The molecule has 1 fully saturated rings. The lowest BCUT2D eigenvalue weighted by atomic mass is 9.93. The molecule has 0 aromatic heterocycles. The molecule has 1 saturated heterocycles. The summed E-state index contributed by atoms with van der Waals surface area (Å²) < 4.78 is 5.27. The molecular weight excluding hydrogens is 296 g/mol. The van der Waals surface area contributed by atoms with Crippen molar-refractivity contribution in [2.75, 3.05) is 33.7 Å². The van der Waals surface area contributed by atoms with Crippen LogP contribution in [0, 0.1) is 5.92 Å². The van der Waals surface area contributed by atoms with Crippen molar-refractivity contribution < 1.29 is 14.3 Å². The largest absolute Gasteiger partial charge is 0.459 e. The number of esters is 1. The molecule has 132 valence electrons. The summed E-state index contributed by atoms with van der Waals surface area (Å²) in [7, 11) is 3.37. The first-order valence-electron chi connectivity index (χ1n) is 8.13. The van der Waals surface area contributed by atoms with Crippen molar-refractivity contribution >= 4 is 17.8 Å². The van der Waals surface area contributed by atoms with Crippen LogP contribution in [-0.2, 0) is 14.3 Å². The molecule has 0 radical (unpaired) electrons. The smallest absolute Gasteiger partial charge is 0.325 e. The summed E-state index contributed by atoms with van der Waals surface area (Å²) in [4.78, 5) is 29.5. The second kappa shape index (κ2) is 8.74. The van der Waals surface area contributed by atoms with Crippen molar-refractivity contribution in [3.05, 3.63) is 0 Å². The van der Waals surface area contributed by atoms with E-state index in [1.165, 1.54) is 0 Å². The van der Waals surface area contributed by atoms with Crippen molar-refractivity contribution in [2.24, 2.45) is 10.9 Å². The molecule has 0 spiro atoms. The van der Waals surface area contributed by atoms with Gasteiger partial charge in [-0.3, -0.25) is 14.6 Å². The first-order chi connectivity index (χ1) is 10.7. The van der Waals surface area contributed by atoms with Gasteiger partial charge in [0.25, 0.3) is 0 Å². The van der Waals surface area contributed by atoms with Crippen LogP contribution in [-0.4, -0.2) is 62.1 Å². The molecule has 7 heteroatoms. The number of aliphatic imine (C=N–C) groups is 1. The first-order valence-corrected chi connectivity index (χ1v) is 8.13. The highest BCUT2D eigenvalue weighted by Crippen LogP contribution is 2.20. The summed E-state index contributed by atoms with van der Waals surface area (Å²) in [5.41, 5.74) is -0.486. The van der Waals surface area contributed by atoms with E-state index in [1.807, 2.05) is 20.8 Å². The number of hydrogen-bond acceptors (Lipinski definition) is 4. The molecule has 1 rings (SSSR count). The summed E-state index contributed by atoms with van der Waals surface area (Å²) in [5, 5.41) is 5.72. The van der Waals surface area contributed by atoms with Gasteiger partial charge in [-0.05, 0) is 39.5 Å². The van der Waals surface area contributed by atoms with E-state index < -0.39 is 5.60 Å². The Labute approximate surface area is 138 Å². The van der Waals surface area contributed by atoms with Crippen LogP contribution in [0.25, 0.3) is 0 Å². The average molecular weight is 326 g/mol. The highest BCUT2D eigenvalue weighted by Gasteiger charge is 2.24. The van der Waals surface area contributed by atoms with Crippen LogP contribution in [0.5, 0.6) is 0 Å². The number of carbonyl (C=O) groups is 2. The van der Waals surface area contributed by atoms with Crippen molar-refractivity contribution in [3.8, 4) is 0 Å². The molecule has 0 unspecified atom stereocenters. The number of carbonyl (C=O) groups excluding carboxylic acids is 2. The fourth-order valence-corrected chi connectivity index (χ4v) is 2.57. The predicted octanol–water partition coefficient (Wildman–Crippen LogP) is 0.752. The molecule has 0 aliphatic carbocycles. The number of piperidine rings is 1. The normalized spacial score (nSPS) is 16.9. The molecule has 0 aromatic rings. The van der Waals surface area contributed by atoms with Gasteiger partial charge in [0.05, 0.1) is 0 Å². The van der Waals surface area contributed by atoms with E-state index >= 15 is 0 Å². The second-order valence-corrected chi connectivity index (χ2v) is 6.79. The number of nitrogens with zero attached hydrogens (tertiary/aromatic N) is 2. The third-order valence-electron chi connectivity index (χ3n) is 3.69. The standard InChI is InChI=1S/C16H30N4O3/c1-16(2,3)23-14(22)11-19-15(18-5)20-8-6-12(7-9-20)10-13(21)17-4/h12H,6-11H2,1-5H3,(H,17,21)(H,18,19). The minimum absolute atomic E-state index is 0.0934. The maximum atomic E-state index is 11.8. The van der Waals surface area contributed by atoms with Gasteiger partial charge in [-0.1, -0.05) is 0 Å². The molecular formula is C16H30N4O3. The molecule has 1 aliphatic heterocycles. The molecule has 2 N–H and O–H groups in total. The van der Waals surface area contributed by atoms with E-state index in [2.05, 4.69) is 20.5 Å². The van der Waals surface area contributed by atoms with E-state index in [0.29, 0.717) is 18.3 Å². The second-order valence-electron chi connectivity index (χ2n) is 6.79. The zero-order chi connectivity index (χ0) is 17.5. The number of likely N-dealkylation sites (tertiary alicyclic amines) is 1. The maximum absolute atomic E-state index is 11.8. The number of amides is 1. The van der Waals surface area contributed by atoms with Crippen LogP contribution in [0.3, 0.4) is 0 Å². The maximum Gasteiger partial charge on any atom is 0.325 e. The number of ether oxygens (including phenoxy) is 1. The number of hydrogen-bond donors (Lipinski definition) is 2. The van der Waals surface area contributed by atoms with Gasteiger partial charge in [0.15, 0.2) is 5.96 Å². The quantitative estimate of drug-likeness (QED) is 0.452. The molecule has 1 amide bonds. The Morgan fingerprint density at radius 3 is 2.35 bits per heavy atom. The molecule has 0 saturated carbocycles. The molecule has 1 aliphatic rings. The summed E-state index contributed by atoms with van der Waals surface area (Å²) in [5.74, 6) is 0.911. The average Bonchev–Trinajstić information content (AvgIpc) is 2.47. The number of guanidine groups is 1. The fourth-order valence-electron chi connectivity index (χ4n) is 2.57. The van der Waals surface area contributed by atoms with E-state index in [1.54, 1.807) is 14.1 Å². The summed E-state index contributed by atoms with van der Waals surface area (Å²) >= 11 is 0. The molecule has 0 atom stereocenters. The van der Waals surface area contributed by atoms with Gasteiger partial charge >= 0.3 is 5.97 Å². The highest BCUT2D eigenvalue weighted by molar-refractivity contribution is 5.84. The molecule has 7 nitrogen and oxygen atoms in total. The van der Waals surface area contributed by atoms with Crippen LogP contribution in [0.1, 0.15) is 40.0 Å². The fraction of sp³-hybridized carbons (Fsp3) is 0.812. The lowest BCUT2D eigenvalue weighted by molar-refractivity contribution is -0.153. The Morgan fingerprint density at radius 1 is 1.26 bits per heavy atom. The lowest BCUT2D eigenvalue weighted by Gasteiger charge is -2.34. The van der Waals surface area contributed by atoms with Gasteiger partial charge in [0.2, 0.25) is 5.91 Å².